The van der Waals surface area contributed by atoms with Gasteiger partial charge in [0.1, 0.15) is 5.82 Å². The monoisotopic (exact) mass is 362 g/mol. The average molecular weight is 363 g/mol. The van der Waals surface area contributed by atoms with Gasteiger partial charge in [-0.2, -0.15) is 0 Å². The van der Waals surface area contributed by atoms with E-state index in [1.165, 1.54) is 12.1 Å². The number of amides is 1. The van der Waals surface area contributed by atoms with Crippen LogP contribution in [-0.4, -0.2) is 53.5 Å². The number of halogens is 2. The molecule has 3 rings (SSSR count). The molecule has 1 aliphatic heterocycles. The van der Waals surface area contributed by atoms with Gasteiger partial charge in [0, 0.05) is 43.3 Å². The molecule has 0 aliphatic carbocycles. The molecule has 0 bridgehead atoms. The normalized spacial score (nSPS) is 16.7. The minimum atomic E-state index is -0.678. The number of piperazine rings is 1. The van der Waals surface area contributed by atoms with Crippen molar-refractivity contribution in [2.45, 2.75) is 6.10 Å². The Kier molecular flexibility index (Phi) is 5.68. The van der Waals surface area contributed by atoms with E-state index in [-0.39, 0.29) is 11.5 Å². The third kappa shape index (κ3) is 4.18. The second-order valence-corrected chi connectivity index (χ2v) is 6.52. The van der Waals surface area contributed by atoms with Crippen molar-refractivity contribution < 1.29 is 14.3 Å². The highest BCUT2D eigenvalue weighted by Gasteiger charge is 2.25. The van der Waals surface area contributed by atoms with Crippen molar-refractivity contribution in [3.63, 3.8) is 0 Å². The summed E-state index contributed by atoms with van der Waals surface area (Å²) in [5.74, 6) is -0.784. The van der Waals surface area contributed by atoms with E-state index in [4.69, 9.17) is 11.6 Å². The van der Waals surface area contributed by atoms with E-state index >= 15 is 0 Å². The van der Waals surface area contributed by atoms with E-state index in [1.54, 1.807) is 23.1 Å². The number of hydrogen-bond donors (Lipinski definition) is 1. The highest BCUT2D eigenvalue weighted by atomic mass is 35.5. The fraction of sp³-hybridized carbons (Fsp3) is 0.316. The van der Waals surface area contributed by atoms with Gasteiger partial charge < -0.3 is 10.0 Å². The number of rotatable bonds is 4. The third-order valence-corrected chi connectivity index (χ3v) is 4.80. The molecule has 0 spiro atoms. The molecule has 1 unspecified atom stereocenters. The van der Waals surface area contributed by atoms with E-state index in [1.807, 2.05) is 18.2 Å². The van der Waals surface area contributed by atoms with Crippen LogP contribution in [0.25, 0.3) is 0 Å². The molecule has 1 atom stereocenters. The number of β-amino-alcohol motifs (C(OH)–C–C–N with tert-alkyl or cyclic N) is 1. The molecule has 1 heterocycles. The van der Waals surface area contributed by atoms with E-state index in [2.05, 4.69) is 4.90 Å². The van der Waals surface area contributed by atoms with Crippen LogP contribution in [0.3, 0.4) is 0 Å². The Hall–Kier alpha value is -1.95. The summed E-state index contributed by atoms with van der Waals surface area (Å²) in [6.45, 7) is 2.71. The molecule has 2 aromatic rings. The maximum atomic E-state index is 13.8. The molecule has 132 valence electrons. The van der Waals surface area contributed by atoms with Gasteiger partial charge in [-0.15, -0.1) is 0 Å². The van der Waals surface area contributed by atoms with Crippen molar-refractivity contribution in [3.05, 3.63) is 70.5 Å². The van der Waals surface area contributed by atoms with Crippen molar-refractivity contribution in [1.82, 2.24) is 9.80 Å². The molecule has 0 radical (unpaired) electrons. The lowest BCUT2D eigenvalue weighted by molar-refractivity contribution is 0.0524. The standard InChI is InChI=1S/C19H20ClFN2O2/c20-16-7-3-1-5-14(16)18(24)13-22-9-11-23(12-10-22)19(25)15-6-2-4-8-17(15)21/h1-8,18,24H,9-13H2. The molecular weight excluding hydrogens is 343 g/mol. The van der Waals surface area contributed by atoms with E-state index < -0.39 is 11.9 Å². The zero-order chi connectivity index (χ0) is 17.8. The molecule has 1 saturated heterocycles. The lowest BCUT2D eigenvalue weighted by Gasteiger charge is -2.35. The summed E-state index contributed by atoms with van der Waals surface area (Å²) in [5, 5.41) is 10.9. The summed E-state index contributed by atoms with van der Waals surface area (Å²) in [5.41, 5.74) is 0.807. The fourth-order valence-electron chi connectivity index (χ4n) is 3.03. The quantitative estimate of drug-likeness (QED) is 0.909. The van der Waals surface area contributed by atoms with Crippen LogP contribution < -0.4 is 0 Å². The molecule has 1 fully saturated rings. The van der Waals surface area contributed by atoms with Crippen LogP contribution in [0, 0.1) is 5.82 Å². The Balaban J connectivity index is 1.56. The van der Waals surface area contributed by atoms with Gasteiger partial charge in [0.2, 0.25) is 0 Å². The van der Waals surface area contributed by atoms with Crippen molar-refractivity contribution >= 4 is 17.5 Å². The van der Waals surface area contributed by atoms with Crippen LogP contribution in [0.2, 0.25) is 5.02 Å². The van der Waals surface area contributed by atoms with Crippen LogP contribution in [0.1, 0.15) is 22.0 Å². The molecule has 4 nitrogen and oxygen atoms in total. The van der Waals surface area contributed by atoms with Crippen molar-refractivity contribution in [2.75, 3.05) is 32.7 Å². The summed E-state index contributed by atoms with van der Waals surface area (Å²) >= 11 is 6.12. The molecule has 1 amide bonds. The van der Waals surface area contributed by atoms with Gasteiger partial charge in [-0.25, -0.2) is 4.39 Å². The summed E-state index contributed by atoms with van der Waals surface area (Å²) in [7, 11) is 0. The van der Waals surface area contributed by atoms with Gasteiger partial charge in [-0.3, -0.25) is 9.69 Å². The second-order valence-electron chi connectivity index (χ2n) is 6.11. The van der Waals surface area contributed by atoms with Gasteiger partial charge in [0.25, 0.3) is 5.91 Å². The Bertz CT molecular complexity index is 748. The zero-order valence-corrected chi connectivity index (χ0v) is 14.5. The molecule has 6 heteroatoms. The molecule has 2 aromatic carbocycles. The minimum absolute atomic E-state index is 0.104. The Morgan fingerprint density at radius 2 is 1.72 bits per heavy atom. The predicted octanol–water partition coefficient (Wildman–Crippen LogP) is 2.97. The number of carbonyl (C=O) groups excluding carboxylic acids is 1. The average Bonchev–Trinajstić information content (AvgIpc) is 2.62. The molecule has 25 heavy (non-hydrogen) atoms. The Labute approximate surface area is 151 Å². The topological polar surface area (TPSA) is 43.8 Å². The number of nitrogens with zero attached hydrogens (tertiary/aromatic N) is 2. The van der Waals surface area contributed by atoms with E-state index in [0.29, 0.717) is 43.3 Å². The van der Waals surface area contributed by atoms with Crippen molar-refractivity contribution in [2.24, 2.45) is 0 Å². The van der Waals surface area contributed by atoms with E-state index in [9.17, 15) is 14.3 Å². The first-order chi connectivity index (χ1) is 12.1. The van der Waals surface area contributed by atoms with Crippen molar-refractivity contribution in [3.8, 4) is 0 Å². The Morgan fingerprint density at radius 1 is 1.08 bits per heavy atom. The lowest BCUT2D eigenvalue weighted by atomic mass is 10.1. The van der Waals surface area contributed by atoms with Gasteiger partial charge in [0.05, 0.1) is 11.7 Å². The van der Waals surface area contributed by atoms with Crippen LogP contribution >= 0.6 is 11.6 Å². The second kappa shape index (κ2) is 7.95. The van der Waals surface area contributed by atoms with Gasteiger partial charge in [-0.05, 0) is 18.2 Å². The highest BCUT2D eigenvalue weighted by molar-refractivity contribution is 6.31. The largest absolute Gasteiger partial charge is 0.387 e. The number of aliphatic hydroxyl groups excluding tert-OH is 1. The highest BCUT2D eigenvalue weighted by Crippen LogP contribution is 2.23. The summed E-state index contributed by atoms with van der Waals surface area (Å²) < 4.78 is 13.8. The minimum Gasteiger partial charge on any atom is -0.387 e. The SMILES string of the molecule is O=C(c1ccccc1F)N1CCN(CC(O)c2ccccc2Cl)CC1. The smallest absolute Gasteiger partial charge is 0.256 e. The van der Waals surface area contributed by atoms with Crippen LogP contribution in [0.4, 0.5) is 4.39 Å². The first kappa shape index (κ1) is 17.9. The van der Waals surface area contributed by atoms with Crippen LogP contribution in [0.15, 0.2) is 48.5 Å². The fourth-order valence-corrected chi connectivity index (χ4v) is 3.29. The van der Waals surface area contributed by atoms with Crippen LogP contribution in [0.5, 0.6) is 0 Å². The number of carbonyl (C=O) groups is 1. The maximum absolute atomic E-state index is 13.8. The van der Waals surface area contributed by atoms with Crippen LogP contribution in [-0.2, 0) is 0 Å². The molecule has 0 aromatic heterocycles. The summed E-state index contributed by atoms with van der Waals surface area (Å²) in [6, 6.07) is 13.3. The number of hydrogen-bond acceptors (Lipinski definition) is 3. The van der Waals surface area contributed by atoms with Gasteiger partial charge >= 0.3 is 0 Å². The lowest BCUT2D eigenvalue weighted by Crippen LogP contribution is -2.49. The summed E-state index contributed by atoms with van der Waals surface area (Å²) in [4.78, 5) is 16.1. The maximum Gasteiger partial charge on any atom is 0.256 e. The van der Waals surface area contributed by atoms with Gasteiger partial charge in [-0.1, -0.05) is 41.9 Å². The van der Waals surface area contributed by atoms with Gasteiger partial charge in [0.15, 0.2) is 0 Å². The van der Waals surface area contributed by atoms with Crippen molar-refractivity contribution in [1.29, 1.82) is 0 Å². The number of aliphatic hydroxyl groups is 1. The molecule has 1 aliphatic rings. The van der Waals surface area contributed by atoms with E-state index in [0.717, 1.165) is 0 Å². The molecule has 0 saturated carbocycles. The Morgan fingerprint density at radius 3 is 2.40 bits per heavy atom. The number of benzene rings is 2. The summed E-state index contributed by atoms with van der Waals surface area (Å²) in [6.07, 6.45) is -0.678. The predicted molar refractivity (Wildman–Crippen MR) is 95.2 cm³/mol. The molecule has 1 N–H and O–H groups in total. The first-order valence-corrected chi connectivity index (χ1v) is 8.62. The molecular formula is C19H20ClFN2O2. The third-order valence-electron chi connectivity index (χ3n) is 4.46. The zero-order valence-electron chi connectivity index (χ0n) is 13.7. The first-order valence-electron chi connectivity index (χ1n) is 8.25.